The highest BCUT2D eigenvalue weighted by Gasteiger charge is 2.13. The number of rotatable bonds is 4. The Hall–Kier alpha value is -2.84. The maximum Gasteiger partial charge on any atom is 0.283 e. The molecule has 3 aromatic rings. The van der Waals surface area contributed by atoms with Gasteiger partial charge in [-0.3, -0.25) is 4.79 Å². The monoisotopic (exact) mass is 350 g/mol. The van der Waals surface area contributed by atoms with E-state index in [1.807, 2.05) is 36.6 Å². The van der Waals surface area contributed by atoms with Gasteiger partial charge in [-0.25, -0.2) is 0 Å². The maximum atomic E-state index is 12.7. The lowest BCUT2D eigenvalue weighted by atomic mass is 10.2. The first-order valence-corrected chi connectivity index (χ1v) is 8.80. The number of carbonyl (C=O) groups is 1. The van der Waals surface area contributed by atoms with Crippen molar-refractivity contribution in [3.05, 3.63) is 58.4 Å². The summed E-state index contributed by atoms with van der Waals surface area (Å²) in [7, 11) is 0. The van der Waals surface area contributed by atoms with Gasteiger partial charge in [-0.2, -0.15) is 4.99 Å². The van der Waals surface area contributed by atoms with Crippen molar-refractivity contribution < 1.29 is 9.53 Å². The third kappa shape index (κ3) is 3.49. The number of hydrogen-bond acceptors (Lipinski definition) is 3. The van der Waals surface area contributed by atoms with E-state index < -0.39 is 0 Å². The van der Waals surface area contributed by atoms with Crippen LogP contribution in [0.4, 0.5) is 0 Å². The highest BCUT2D eigenvalue weighted by atomic mass is 32.1. The van der Waals surface area contributed by atoms with Gasteiger partial charge in [0.25, 0.3) is 5.91 Å². The van der Waals surface area contributed by atoms with Crippen molar-refractivity contribution in [2.75, 3.05) is 6.61 Å². The van der Waals surface area contributed by atoms with Crippen LogP contribution in [0.5, 0.6) is 5.75 Å². The predicted molar refractivity (Wildman–Crippen MR) is 101 cm³/mol. The summed E-state index contributed by atoms with van der Waals surface area (Å²) in [6.45, 7) is 4.77. The number of para-hydroxylation sites is 1. The van der Waals surface area contributed by atoms with E-state index in [9.17, 15) is 4.79 Å². The fourth-order valence-electron chi connectivity index (χ4n) is 2.58. The molecule has 0 unspecified atom stereocenters. The lowest BCUT2D eigenvalue weighted by molar-refractivity contribution is 0.0994. The van der Waals surface area contributed by atoms with Crippen LogP contribution in [0.1, 0.15) is 22.8 Å². The van der Waals surface area contributed by atoms with Gasteiger partial charge in [0.15, 0.2) is 4.80 Å². The Kier molecular flexibility index (Phi) is 5.01. The molecule has 0 aliphatic carbocycles. The molecule has 4 nitrogen and oxygen atoms in total. The zero-order valence-corrected chi connectivity index (χ0v) is 15.0. The molecule has 0 saturated heterocycles. The van der Waals surface area contributed by atoms with Crippen molar-refractivity contribution in [2.24, 2.45) is 4.99 Å². The fraction of sp³-hybridized carbons (Fsp3) is 0.200. The molecular formula is C20H18N2O2S. The van der Waals surface area contributed by atoms with Crippen LogP contribution in [0.2, 0.25) is 0 Å². The standard InChI is InChI=1S/C20H18N2O2S/c1-4-12-22-16-11-10-14(3)13-18(16)25-20(22)21-19(23)15-8-6-7-9-17(15)24-5-2/h1,6-11,13H,5,12H2,2-3H3. The van der Waals surface area contributed by atoms with Crippen molar-refractivity contribution in [3.8, 4) is 18.1 Å². The molecule has 2 aromatic carbocycles. The maximum absolute atomic E-state index is 12.7. The number of carbonyl (C=O) groups excluding carboxylic acids is 1. The predicted octanol–water partition coefficient (Wildman–Crippen LogP) is 3.78. The number of hydrogen-bond donors (Lipinski definition) is 0. The fourth-order valence-corrected chi connectivity index (χ4v) is 3.71. The number of amides is 1. The van der Waals surface area contributed by atoms with Gasteiger partial charge in [0, 0.05) is 0 Å². The Bertz CT molecular complexity index is 1040. The van der Waals surface area contributed by atoms with Crippen molar-refractivity contribution in [3.63, 3.8) is 0 Å². The van der Waals surface area contributed by atoms with Gasteiger partial charge in [-0.15, -0.1) is 6.42 Å². The van der Waals surface area contributed by atoms with E-state index in [0.717, 1.165) is 15.8 Å². The quantitative estimate of drug-likeness (QED) is 0.672. The molecule has 0 aliphatic rings. The van der Waals surface area contributed by atoms with Crippen LogP contribution in [0.15, 0.2) is 47.5 Å². The third-order valence-corrected chi connectivity index (χ3v) is 4.74. The minimum Gasteiger partial charge on any atom is -0.493 e. The topological polar surface area (TPSA) is 43.6 Å². The summed E-state index contributed by atoms with van der Waals surface area (Å²) in [5, 5.41) is 0. The van der Waals surface area contributed by atoms with E-state index in [0.29, 0.717) is 29.3 Å². The Morgan fingerprint density at radius 3 is 2.88 bits per heavy atom. The van der Waals surface area contributed by atoms with Crippen LogP contribution in [-0.2, 0) is 6.54 Å². The summed E-state index contributed by atoms with van der Waals surface area (Å²) in [4.78, 5) is 17.6. The van der Waals surface area contributed by atoms with Gasteiger partial charge >= 0.3 is 0 Å². The van der Waals surface area contributed by atoms with Crippen LogP contribution < -0.4 is 9.54 Å². The lowest BCUT2D eigenvalue weighted by Crippen LogP contribution is -2.16. The number of aromatic nitrogens is 1. The highest BCUT2D eigenvalue weighted by molar-refractivity contribution is 7.16. The van der Waals surface area contributed by atoms with Crippen molar-refractivity contribution in [1.82, 2.24) is 4.57 Å². The summed E-state index contributed by atoms with van der Waals surface area (Å²) < 4.78 is 8.48. The number of thiazole rings is 1. The van der Waals surface area contributed by atoms with Crippen LogP contribution in [0.3, 0.4) is 0 Å². The van der Waals surface area contributed by atoms with E-state index in [2.05, 4.69) is 17.0 Å². The zero-order valence-electron chi connectivity index (χ0n) is 14.2. The second-order valence-corrected chi connectivity index (χ2v) is 6.50. The molecular weight excluding hydrogens is 332 g/mol. The molecule has 1 heterocycles. The number of nitrogens with zero attached hydrogens (tertiary/aromatic N) is 2. The molecule has 0 bridgehead atoms. The van der Waals surface area contributed by atoms with Gasteiger partial charge < -0.3 is 9.30 Å². The van der Waals surface area contributed by atoms with Crippen molar-refractivity contribution in [1.29, 1.82) is 0 Å². The van der Waals surface area contributed by atoms with Crippen LogP contribution in [0, 0.1) is 19.3 Å². The van der Waals surface area contributed by atoms with Crippen molar-refractivity contribution in [2.45, 2.75) is 20.4 Å². The van der Waals surface area contributed by atoms with Crippen LogP contribution in [0.25, 0.3) is 10.2 Å². The van der Waals surface area contributed by atoms with Crippen molar-refractivity contribution >= 4 is 27.5 Å². The Morgan fingerprint density at radius 1 is 1.32 bits per heavy atom. The minimum atomic E-state index is -0.335. The number of terminal acetylenes is 1. The molecule has 5 heteroatoms. The van der Waals surface area contributed by atoms with Gasteiger partial charge in [-0.05, 0) is 43.7 Å². The molecule has 3 rings (SSSR count). The summed E-state index contributed by atoms with van der Waals surface area (Å²) in [6.07, 6.45) is 5.50. The minimum absolute atomic E-state index is 0.335. The van der Waals surface area contributed by atoms with E-state index in [1.165, 1.54) is 11.3 Å². The summed E-state index contributed by atoms with van der Waals surface area (Å²) in [6, 6.07) is 13.2. The molecule has 25 heavy (non-hydrogen) atoms. The van der Waals surface area contributed by atoms with Gasteiger partial charge in [0.1, 0.15) is 5.75 Å². The van der Waals surface area contributed by atoms with Crippen LogP contribution in [-0.4, -0.2) is 17.1 Å². The molecule has 0 N–H and O–H groups in total. The third-order valence-electron chi connectivity index (χ3n) is 3.70. The van der Waals surface area contributed by atoms with E-state index in [-0.39, 0.29) is 5.91 Å². The number of aryl methyl sites for hydroxylation is 1. The van der Waals surface area contributed by atoms with Gasteiger partial charge in [0.2, 0.25) is 0 Å². The zero-order chi connectivity index (χ0) is 17.8. The second-order valence-electron chi connectivity index (χ2n) is 5.49. The average molecular weight is 350 g/mol. The van der Waals surface area contributed by atoms with Gasteiger partial charge in [-0.1, -0.05) is 35.5 Å². The smallest absolute Gasteiger partial charge is 0.283 e. The molecule has 126 valence electrons. The molecule has 0 atom stereocenters. The number of fused-ring (bicyclic) bond motifs is 1. The normalized spacial score (nSPS) is 11.5. The largest absolute Gasteiger partial charge is 0.493 e. The molecule has 0 aliphatic heterocycles. The Balaban J connectivity index is 2.14. The first kappa shape index (κ1) is 17.0. The molecule has 0 fully saturated rings. The lowest BCUT2D eigenvalue weighted by Gasteiger charge is -2.06. The molecule has 1 aromatic heterocycles. The Labute approximate surface area is 150 Å². The summed E-state index contributed by atoms with van der Waals surface area (Å²) in [5.74, 6) is 2.84. The average Bonchev–Trinajstić information content (AvgIpc) is 2.92. The molecule has 0 radical (unpaired) electrons. The highest BCUT2D eigenvalue weighted by Crippen LogP contribution is 2.21. The summed E-state index contributed by atoms with van der Waals surface area (Å²) in [5.41, 5.74) is 2.59. The molecule has 0 spiro atoms. The number of benzene rings is 2. The van der Waals surface area contributed by atoms with Crippen LogP contribution >= 0.6 is 11.3 Å². The molecule has 1 amide bonds. The van der Waals surface area contributed by atoms with Gasteiger partial charge in [0.05, 0.1) is 28.9 Å². The Morgan fingerprint density at radius 2 is 2.12 bits per heavy atom. The van der Waals surface area contributed by atoms with E-state index in [1.54, 1.807) is 18.2 Å². The second kappa shape index (κ2) is 7.37. The van der Waals surface area contributed by atoms with E-state index in [4.69, 9.17) is 11.2 Å². The SMILES string of the molecule is C#CCn1c(=NC(=O)c2ccccc2OCC)sc2cc(C)ccc21. The summed E-state index contributed by atoms with van der Waals surface area (Å²) >= 11 is 1.46. The first-order chi connectivity index (χ1) is 12.1. The first-order valence-electron chi connectivity index (χ1n) is 7.98. The van der Waals surface area contributed by atoms with E-state index >= 15 is 0 Å². The number of ether oxygens (including phenoxy) is 1. The molecule has 0 saturated carbocycles.